The van der Waals surface area contributed by atoms with Crippen molar-refractivity contribution in [1.82, 2.24) is 5.43 Å². The molecule has 128 valence electrons. The predicted octanol–water partition coefficient (Wildman–Crippen LogP) is 2.32. The van der Waals surface area contributed by atoms with Crippen LogP contribution in [0.5, 0.6) is 0 Å². The lowest BCUT2D eigenvalue weighted by molar-refractivity contribution is -0.136. The second-order valence-electron chi connectivity index (χ2n) is 4.78. The SMILES string of the molecule is COC(=O)c1ccc(NC(=O)C(=O)N/N=C/c2cccc(Br)c2)cc1. The molecule has 25 heavy (non-hydrogen) atoms. The number of nitrogens with zero attached hydrogens (tertiary/aromatic N) is 1. The van der Waals surface area contributed by atoms with E-state index in [-0.39, 0.29) is 0 Å². The minimum atomic E-state index is -0.914. The molecular weight excluding hydrogens is 390 g/mol. The number of nitrogens with one attached hydrogen (secondary N) is 2. The Morgan fingerprint density at radius 3 is 2.44 bits per heavy atom. The second kappa shape index (κ2) is 8.74. The molecule has 0 saturated heterocycles. The Labute approximate surface area is 152 Å². The zero-order valence-electron chi connectivity index (χ0n) is 13.2. The average Bonchev–Trinajstić information content (AvgIpc) is 2.61. The highest BCUT2D eigenvalue weighted by atomic mass is 79.9. The lowest BCUT2D eigenvalue weighted by Gasteiger charge is -2.05. The fourth-order valence-corrected chi connectivity index (χ4v) is 2.22. The molecule has 0 heterocycles. The van der Waals surface area contributed by atoms with E-state index in [4.69, 9.17) is 0 Å². The van der Waals surface area contributed by atoms with Gasteiger partial charge in [-0.25, -0.2) is 10.2 Å². The fourth-order valence-electron chi connectivity index (χ4n) is 1.80. The van der Waals surface area contributed by atoms with E-state index >= 15 is 0 Å². The fraction of sp³-hybridized carbons (Fsp3) is 0.0588. The molecule has 2 aromatic carbocycles. The van der Waals surface area contributed by atoms with Crippen molar-refractivity contribution >= 4 is 45.6 Å². The highest BCUT2D eigenvalue weighted by molar-refractivity contribution is 9.10. The third-order valence-electron chi connectivity index (χ3n) is 3.00. The minimum Gasteiger partial charge on any atom is -0.465 e. The summed E-state index contributed by atoms with van der Waals surface area (Å²) in [5.41, 5.74) is 3.60. The van der Waals surface area contributed by atoms with Crippen molar-refractivity contribution in [2.45, 2.75) is 0 Å². The summed E-state index contributed by atoms with van der Waals surface area (Å²) in [6.07, 6.45) is 1.42. The van der Waals surface area contributed by atoms with Crippen LogP contribution in [-0.2, 0) is 14.3 Å². The van der Waals surface area contributed by atoms with E-state index in [9.17, 15) is 14.4 Å². The zero-order valence-corrected chi connectivity index (χ0v) is 14.7. The largest absolute Gasteiger partial charge is 0.465 e. The molecule has 2 N–H and O–H groups in total. The van der Waals surface area contributed by atoms with Crippen LogP contribution in [-0.4, -0.2) is 31.1 Å². The van der Waals surface area contributed by atoms with Gasteiger partial charge in [-0.05, 0) is 42.0 Å². The first kappa shape index (κ1) is 18.3. The summed E-state index contributed by atoms with van der Waals surface area (Å²) in [6, 6.07) is 13.2. The van der Waals surface area contributed by atoms with Crippen LogP contribution >= 0.6 is 15.9 Å². The molecule has 0 spiro atoms. The van der Waals surface area contributed by atoms with Gasteiger partial charge in [-0.2, -0.15) is 5.10 Å². The molecule has 0 saturated carbocycles. The summed E-state index contributed by atoms with van der Waals surface area (Å²) in [4.78, 5) is 34.8. The Morgan fingerprint density at radius 1 is 1.08 bits per heavy atom. The lowest BCUT2D eigenvalue weighted by atomic mass is 10.2. The molecule has 0 aliphatic heterocycles. The van der Waals surface area contributed by atoms with E-state index < -0.39 is 17.8 Å². The molecular formula is C17H14BrN3O4. The summed E-state index contributed by atoms with van der Waals surface area (Å²) < 4.78 is 5.45. The maximum atomic E-state index is 11.8. The number of hydrogen-bond donors (Lipinski definition) is 2. The van der Waals surface area contributed by atoms with Crippen molar-refractivity contribution < 1.29 is 19.1 Å². The van der Waals surface area contributed by atoms with E-state index in [0.717, 1.165) is 10.0 Å². The third-order valence-corrected chi connectivity index (χ3v) is 3.49. The molecule has 0 unspecified atom stereocenters. The summed E-state index contributed by atoms with van der Waals surface area (Å²) in [5.74, 6) is -2.28. The molecule has 0 radical (unpaired) electrons. The Kier molecular flexibility index (Phi) is 6.41. The number of ether oxygens (including phenoxy) is 1. The first-order chi connectivity index (χ1) is 12.0. The van der Waals surface area contributed by atoms with Crippen molar-refractivity contribution in [3.63, 3.8) is 0 Å². The maximum Gasteiger partial charge on any atom is 0.337 e. The lowest BCUT2D eigenvalue weighted by Crippen LogP contribution is -2.32. The zero-order chi connectivity index (χ0) is 18.2. The van der Waals surface area contributed by atoms with Gasteiger partial charge in [-0.15, -0.1) is 0 Å². The Balaban J connectivity index is 1.89. The molecule has 0 fully saturated rings. The van der Waals surface area contributed by atoms with Gasteiger partial charge in [-0.3, -0.25) is 9.59 Å². The van der Waals surface area contributed by atoms with Crippen molar-refractivity contribution in [3.8, 4) is 0 Å². The van der Waals surface area contributed by atoms with Crippen LogP contribution in [0.1, 0.15) is 15.9 Å². The van der Waals surface area contributed by atoms with Crippen LogP contribution in [0.4, 0.5) is 5.69 Å². The number of rotatable bonds is 4. The number of hydrazone groups is 1. The van der Waals surface area contributed by atoms with Gasteiger partial charge in [0.05, 0.1) is 18.9 Å². The van der Waals surface area contributed by atoms with Gasteiger partial charge in [0.2, 0.25) is 0 Å². The molecule has 0 aliphatic carbocycles. The van der Waals surface area contributed by atoms with Crippen LogP contribution in [0.3, 0.4) is 0 Å². The van der Waals surface area contributed by atoms with Crippen molar-refractivity contribution in [1.29, 1.82) is 0 Å². The van der Waals surface area contributed by atoms with Crippen molar-refractivity contribution in [2.75, 3.05) is 12.4 Å². The van der Waals surface area contributed by atoms with Gasteiger partial charge in [0.15, 0.2) is 0 Å². The molecule has 0 atom stereocenters. The normalized spacial score (nSPS) is 10.3. The summed E-state index contributed by atoms with van der Waals surface area (Å²) in [7, 11) is 1.27. The van der Waals surface area contributed by atoms with Crippen molar-refractivity contribution in [2.24, 2.45) is 5.10 Å². The average molecular weight is 404 g/mol. The maximum absolute atomic E-state index is 11.8. The van der Waals surface area contributed by atoms with E-state index in [2.05, 4.69) is 36.5 Å². The quantitative estimate of drug-likeness (QED) is 0.354. The van der Waals surface area contributed by atoms with Crippen LogP contribution in [0.2, 0.25) is 0 Å². The molecule has 0 aromatic heterocycles. The topological polar surface area (TPSA) is 96.9 Å². The minimum absolute atomic E-state index is 0.337. The van der Waals surface area contributed by atoms with E-state index in [1.54, 1.807) is 12.1 Å². The molecule has 7 nitrogen and oxygen atoms in total. The number of anilines is 1. The number of hydrogen-bond acceptors (Lipinski definition) is 5. The summed E-state index contributed by atoms with van der Waals surface area (Å²) >= 11 is 3.32. The van der Waals surface area contributed by atoms with Gasteiger partial charge in [0.25, 0.3) is 0 Å². The second-order valence-corrected chi connectivity index (χ2v) is 5.69. The molecule has 8 heteroatoms. The first-order valence-electron chi connectivity index (χ1n) is 7.08. The van der Waals surface area contributed by atoms with E-state index in [0.29, 0.717) is 11.3 Å². The number of carbonyl (C=O) groups is 3. The van der Waals surface area contributed by atoms with Gasteiger partial charge in [0.1, 0.15) is 0 Å². The highest BCUT2D eigenvalue weighted by Crippen LogP contribution is 2.11. The number of amides is 2. The van der Waals surface area contributed by atoms with Crippen LogP contribution in [0.25, 0.3) is 0 Å². The summed E-state index contributed by atoms with van der Waals surface area (Å²) in [5, 5.41) is 6.13. The Morgan fingerprint density at radius 2 is 1.80 bits per heavy atom. The van der Waals surface area contributed by atoms with Gasteiger partial charge in [0, 0.05) is 10.2 Å². The standard InChI is InChI=1S/C17H14BrN3O4/c1-25-17(24)12-5-7-14(8-6-12)20-15(22)16(23)21-19-10-11-3-2-4-13(18)9-11/h2-10H,1H3,(H,20,22)(H,21,23)/b19-10+. The van der Waals surface area contributed by atoms with Gasteiger partial charge >= 0.3 is 17.8 Å². The number of esters is 1. The monoisotopic (exact) mass is 403 g/mol. The van der Waals surface area contributed by atoms with Gasteiger partial charge in [-0.1, -0.05) is 28.1 Å². The van der Waals surface area contributed by atoms with E-state index in [1.165, 1.54) is 37.6 Å². The highest BCUT2D eigenvalue weighted by Gasteiger charge is 2.13. The molecule has 0 bridgehead atoms. The Bertz CT molecular complexity index is 819. The molecule has 2 amide bonds. The predicted molar refractivity (Wildman–Crippen MR) is 96.3 cm³/mol. The van der Waals surface area contributed by atoms with Crippen LogP contribution < -0.4 is 10.7 Å². The smallest absolute Gasteiger partial charge is 0.337 e. The third kappa shape index (κ3) is 5.54. The molecule has 2 rings (SSSR count). The summed E-state index contributed by atoms with van der Waals surface area (Å²) in [6.45, 7) is 0. The number of methoxy groups -OCH3 is 1. The molecule has 2 aromatic rings. The van der Waals surface area contributed by atoms with Gasteiger partial charge < -0.3 is 10.1 Å². The molecule has 0 aliphatic rings. The first-order valence-corrected chi connectivity index (χ1v) is 7.87. The van der Waals surface area contributed by atoms with Crippen LogP contribution in [0.15, 0.2) is 58.1 Å². The van der Waals surface area contributed by atoms with E-state index in [1.807, 2.05) is 12.1 Å². The van der Waals surface area contributed by atoms with Crippen molar-refractivity contribution in [3.05, 3.63) is 64.1 Å². The number of carbonyl (C=O) groups excluding carboxylic acids is 3. The van der Waals surface area contributed by atoms with Crippen LogP contribution in [0, 0.1) is 0 Å². The number of benzene rings is 2. The Hall–Kier alpha value is -3.00. The number of halogens is 1.